The highest BCUT2D eigenvalue weighted by molar-refractivity contribution is 9.09. The van der Waals surface area contributed by atoms with Crippen LogP contribution in [0.5, 0.6) is 0 Å². The van der Waals surface area contributed by atoms with E-state index < -0.39 is 0 Å². The minimum atomic E-state index is 0.919. The Bertz CT molecular complexity index is 695. The van der Waals surface area contributed by atoms with Crippen molar-refractivity contribution in [1.29, 1.82) is 0 Å². The summed E-state index contributed by atoms with van der Waals surface area (Å²) in [4.78, 5) is 0. The lowest BCUT2D eigenvalue weighted by atomic mass is 10.2. The summed E-state index contributed by atoms with van der Waals surface area (Å²) in [5, 5.41) is 8.04. The zero-order valence-corrected chi connectivity index (χ0v) is 14.4. The molecule has 0 saturated heterocycles. The van der Waals surface area contributed by atoms with E-state index in [-0.39, 0.29) is 0 Å². The molecule has 1 N–H and O–H groups in total. The molecule has 0 aliphatic heterocycles. The predicted octanol–water partition coefficient (Wildman–Crippen LogP) is 3.37. The molecule has 0 aliphatic carbocycles. The summed E-state index contributed by atoms with van der Waals surface area (Å²) >= 11 is 3.51. The Kier molecular flexibility index (Phi) is 6.62. The Balaban J connectivity index is 0.000000847. The van der Waals surface area contributed by atoms with Gasteiger partial charge in [0.1, 0.15) is 6.54 Å². The summed E-state index contributed by atoms with van der Waals surface area (Å²) in [6, 6.07) is 19.2. The molecule has 0 saturated carbocycles. The summed E-state index contributed by atoms with van der Waals surface area (Å²) in [6.07, 6.45) is 3.38. The molecular weight excluding hydrogens is 340 g/mol. The molecule has 3 rings (SSSR count). The molecule has 0 atom stereocenters. The van der Waals surface area contributed by atoms with Gasteiger partial charge in [0.05, 0.1) is 6.54 Å². The molecule has 0 radical (unpaired) electrons. The molecule has 1 aromatic heterocycles. The highest BCUT2D eigenvalue weighted by Gasteiger charge is 2.14. The van der Waals surface area contributed by atoms with Crippen LogP contribution in [0.15, 0.2) is 60.9 Å². The Hall–Kier alpha value is -1.65. The van der Waals surface area contributed by atoms with Crippen molar-refractivity contribution in [3.63, 3.8) is 0 Å². The number of benzene rings is 2. The number of hydrogen-bond donors (Lipinski definition) is 1. The van der Waals surface area contributed by atoms with E-state index in [1.807, 2.05) is 0 Å². The molecule has 0 aliphatic rings. The van der Waals surface area contributed by atoms with Gasteiger partial charge in [-0.05, 0) is 24.1 Å². The zero-order valence-electron chi connectivity index (χ0n) is 12.8. The van der Waals surface area contributed by atoms with Gasteiger partial charge in [0.2, 0.25) is 6.33 Å². The van der Waals surface area contributed by atoms with Crippen LogP contribution in [0.1, 0.15) is 12.0 Å². The van der Waals surface area contributed by atoms with Gasteiger partial charge in [-0.25, -0.2) is 9.13 Å². The molecule has 3 aromatic rings. The fourth-order valence-electron chi connectivity index (χ4n) is 2.56. The summed E-state index contributed by atoms with van der Waals surface area (Å²) in [5.74, 6) is 0. The number of aromatic nitrogens is 2. The van der Waals surface area contributed by atoms with Crippen molar-refractivity contribution < 1.29 is 9.67 Å². The maximum atomic E-state index is 7.00. The lowest BCUT2D eigenvalue weighted by Gasteiger charge is -1.97. The maximum Gasteiger partial charge on any atom is 0.245 e. The molecule has 1 heterocycles. The standard InChI is InChI=1S/C17H18BrN2.CH4O/c18-11-6-12-19-14-20(13-15-7-2-1-3-8-15)17-10-5-4-9-16(17)19;1-2/h1-5,7-10,14H,6,11-13H2;2H,1H3/q+1;. The van der Waals surface area contributed by atoms with Crippen molar-refractivity contribution in [1.82, 2.24) is 4.57 Å². The van der Waals surface area contributed by atoms with Crippen LogP contribution >= 0.6 is 15.9 Å². The first kappa shape index (κ1) is 16.7. The lowest BCUT2D eigenvalue weighted by Crippen LogP contribution is -2.32. The number of aliphatic hydroxyl groups is 1. The van der Waals surface area contributed by atoms with Crippen LogP contribution in [0.4, 0.5) is 0 Å². The van der Waals surface area contributed by atoms with Crippen molar-refractivity contribution >= 4 is 27.0 Å². The predicted molar refractivity (Wildman–Crippen MR) is 94.2 cm³/mol. The number of para-hydroxylation sites is 2. The number of aliphatic hydroxyl groups excluding tert-OH is 1. The topological polar surface area (TPSA) is 29.0 Å². The van der Waals surface area contributed by atoms with E-state index in [4.69, 9.17) is 5.11 Å². The molecule has 4 heteroatoms. The highest BCUT2D eigenvalue weighted by Crippen LogP contribution is 2.12. The average Bonchev–Trinajstić information content (AvgIpc) is 2.94. The smallest absolute Gasteiger partial charge is 0.245 e. The number of halogens is 1. The molecule has 0 bridgehead atoms. The van der Waals surface area contributed by atoms with Gasteiger partial charge in [-0.3, -0.25) is 0 Å². The Morgan fingerprint density at radius 1 is 1.00 bits per heavy atom. The van der Waals surface area contributed by atoms with Crippen LogP contribution < -0.4 is 4.57 Å². The van der Waals surface area contributed by atoms with E-state index in [0.717, 1.165) is 32.0 Å². The van der Waals surface area contributed by atoms with Crippen molar-refractivity contribution in [3.8, 4) is 0 Å². The molecule has 22 heavy (non-hydrogen) atoms. The minimum Gasteiger partial charge on any atom is -0.400 e. The fraction of sp³-hybridized carbons (Fsp3) is 0.278. The van der Waals surface area contributed by atoms with Crippen LogP contribution in [-0.2, 0) is 13.1 Å². The number of hydrogen-bond acceptors (Lipinski definition) is 1. The van der Waals surface area contributed by atoms with E-state index in [9.17, 15) is 0 Å². The Morgan fingerprint density at radius 2 is 1.68 bits per heavy atom. The first-order valence-electron chi connectivity index (χ1n) is 7.40. The number of fused-ring (bicyclic) bond motifs is 1. The second-order valence-electron chi connectivity index (χ2n) is 4.95. The van der Waals surface area contributed by atoms with Crippen molar-refractivity contribution in [2.45, 2.75) is 19.5 Å². The lowest BCUT2D eigenvalue weighted by molar-refractivity contribution is -0.663. The number of nitrogens with zero attached hydrogens (tertiary/aromatic N) is 2. The van der Waals surface area contributed by atoms with Crippen LogP contribution in [0.3, 0.4) is 0 Å². The van der Waals surface area contributed by atoms with Crippen molar-refractivity contribution in [2.24, 2.45) is 0 Å². The monoisotopic (exact) mass is 361 g/mol. The summed E-state index contributed by atoms with van der Waals surface area (Å²) in [7, 11) is 1.00. The van der Waals surface area contributed by atoms with Gasteiger partial charge in [0, 0.05) is 12.4 Å². The van der Waals surface area contributed by atoms with Gasteiger partial charge < -0.3 is 5.11 Å². The van der Waals surface area contributed by atoms with Crippen LogP contribution in [0, 0.1) is 0 Å². The van der Waals surface area contributed by atoms with Gasteiger partial charge in [-0.15, -0.1) is 0 Å². The normalized spacial score (nSPS) is 10.3. The average molecular weight is 362 g/mol. The summed E-state index contributed by atoms with van der Waals surface area (Å²) in [6.45, 7) is 1.97. The number of rotatable bonds is 5. The zero-order chi connectivity index (χ0) is 15.8. The summed E-state index contributed by atoms with van der Waals surface area (Å²) < 4.78 is 4.68. The summed E-state index contributed by atoms with van der Waals surface area (Å²) in [5.41, 5.74) is 3.94. The first-order valence-corrected chi connectivity index (χ1v) is 8.52. The van der Waals surface area contributed by atoms with Gasteiger partial charge in [0.15, 0.2) is 11.0 Å². The van der Waals surface area contributed by atoms with Crippen LogP contribution in [-0.4, -0.2) is 22.1 Å². The number of alkyl halides is 1. The third kappa shape index (κ3) is 3.96. The molecule has 0 fully saturated rings. The van der Waals surface area contributed by atoms with E-state index in [0.29, 0.717) is 0 Å². The fourth-order valence-corrected chi connectivity index (χ4v) is 2.81. The molecule has 0 unspecified atom stereocenters. The second kappa shape index (κ2) is 8.71. The third-order valence-corrected chi connectivity index (χ3v) is 4.07. The maximum absolute atomic E-state index is 7.00. The van der Waals surface area contributed by atoms with Crippen molar-refractivity contribution in [2.75, 3.05) is 12.4 Å². The quantitative estimate of drug-likeness (QED) is 0.547. The van der Waals surface area contributed by atoms with Gasteiger partial charge in [-0.2, -0.15) is 0 Å². The van der Waals surface area contributed by atoms with E-state index in [1.165, 1.54) is 16.6 Å². The van der Waals surface area contributed by atoms with E-state index >= 15 is 0 Å². The molecule has 3 nitrogen and oxygen atoms in total. The molecule has 0 spiro atoms. The van der Waals surface area contributed by atoms with Crippen molar-refractivity contribution in [3.05, 3.63) is 66.5 Å². The van der Waals surface area contributed by atoms with Crippen LogP contribution in [0.25, 0.3) is 11.0 Å². The molecular formula is C18H22BrN2O+. The second-order valence-corrected chi connectivity index (χ2v) is 5.75. The SMILES string of the molecule is BrCCCn1c[n+](Cc2ccccc2)c2ccccc21.CO. The van der Waals surface area contributed by atoms with Gasteiger partial charge >= 0.3 is 0 Å². The third-order valence-electron chi connectivity index (χ3n) is 3.51. The largest absolute Gasteiger partial charge is 0.400 e. The Labute approximate surface area is 140 Å². The first-order chi connectivity index (χ1) is 10.9. The molecule has 116 valence electrons. The van der Waals surface area contributed by atoms with Gasteiger partial charge in [0.25, 0.3) is 0 Å². The highest BCUT2D eigenvalue weighted by atomic mass is 79.9. The number of imidazole rings is 1. The number of aryl methyl sites for hydroxylation is 1. The molecule has 2 aromatic carbocycles. The van der Waals surface area contributed by atoms with E-state index in [1.54, 1.807) is 0 Å². The minimum absolute atomic E-state index is 0.919. The van der Waals surface area contributed by atoms with E-state index in [2.05, 4.69) is 86.0 Å². The molecule has 0 amide bonds. The Morgan fingerprint density at radius 3 is 2.41 bits per heavy atom. The van der Waals surface area contributed by atoms with Gasteiger partial charge in [-0.1, -0.05) is 58.4 Å². The van der Waals surface area contributed by atoms with Crippen LogP contribution in [0.2, 0.25) is 0 Å².